The van der Waals surface area contributed by atoms with Gasteiger partial charge in [0.1, 0.15) is 6.61 Å². The lowest BCUT2D eigenvalue weighted by Crippen LogP contribution is -2.02. The van der Waals surface area contributed by atoms with Crippen molar-refractivity contribution in [2.75, 3.05) is 0 Å². The Hall–Kier alpha value is -1.08. The molecular formula is C11H5BrF4OS. The van der Waals surface area contributed by atoms with E-state index in [2.05, 4.69) is 15.9 Å². The van der Waals surface area contributed by atoms with E-state index in [1.54, 1.807) is 12.1 Å². The smallest absolute Gasteiger partial charge is 0.203 e. The lowest BCUT2D eigenvalue weighted by molar-refractivity contribution is 0.264. The Morgan fingerprint density at radius 1 is 1.06 bits per heavy atom. The average molecular weight is 341 g/mol. The van der Waals surface area contributed by atoms with Gasteiger partial charge in [0.15, 0.2) is 17.4 Å². The highest BCUT2D eigenvalue weighted by atomic mass is 79.9. The van der Waals surface area contributed by atoms with Gasteiger partial charge in [-0.1, -0.05) is 0 Å². The van der Waals surface area contributed by atoms with E-state index >= 15 is 0 Å². The average Bonchev–Trinajstić information content (AvgIpc) is 2.73. The Balaban J connectivity index is 2.24. The third-order valence-electron chi connectivity index (χ3n) is 2.06. The molecule has 0 fully saturated rings. The van der Waals surface area contributed by atoms with Crippen molar-refractivity contribution in [2.24, 2.45) is 0 Å². The summed E-state index contributed by atoms with van der Waals surface area (Å²) in [4.78, 5) is 0.658. The maximum absolute atomic E-state index is 13.2. The summed E-state index contributed by atoms with van der Waals surface area (Å²) >= 11 is 4.49. The quantitative estimate of drug-likeness (QED) is 0.584. The molecule has 96 valence electrons. The van der Waals surface area contributed by atoms with Gasteiger partial charge >= 0.3 is 0 Å². The number of hydrogen-bond donors (Lipinski definition) is 0. The summed E-state index contributed by atoms with van der Waals surface area (Å²) in [5.41, 5.74) is 0. The van der Waals surface area contributed by atoms with Crippen molar-refractivity contribution in [3.05, 3.63) is 50.1 Å². The van der Waals surface area contributed by atoms with Crippen molar-refractivity contribution >= 4 is 27.3 Å². The predicted octanol–water partition coefficient (Wildman–Crippen LogP) is 4.65. The summed E-state index contributed by atoms with van der Waals surface area (Å²) < 4.78 is 57.8. The van der Waals surface area contributed by atoms with Gasteiger partial charge in [0, 0.05) is 10.9 Å². The van der Waals surface area contributed by atoms with Gasteiger partial charge in [0.25, 0.3) is 0 Å². The minimum atomic E-state index is -1.54. The third-order valence-corrected chi connectivity index (χ3v) is 3.66. The van der Waals surface area contributed by atoms with E-state index < -0.39 is 29.0 Å². The number of thiophene rings is 1. The molecule has 1 heterocycles. The number of ether oxygens (including phenoxy) is 1. The molecule has 0 unspecified atom stereocenters. The fourth-order valence-corrected chi connectivity index (χ4v) is 2.65. The molecular weight excluding hydrogens is 336 g/mol. The molecule has 0 amide bonds. The molecule has 0 atom stereocenters. The van der Waals surface area contributed by atoms with Gasteiger partial charge in [0.2, 0.25) is 11.6 Å². The Labute approximate surface area is 112 Å². The van der Waals surface area contributed by atoms with Crippen molar-refractivity contribution in [2.45, 2.75) is 6.61 Å². The van der Waals surface area contributed by atoms with Gasteiger partial charge in [-0.3, -0.25) is 0 Å². The van der Waals surface area contributed by atoms with Crippen molar-refractivity contribution in [1.29, 1.82) is 0 Å². The summed E-state index contributed by atoms with van der Waals surface area (Å²) in [5, 5.41) is 0. The second-order valence-corrected chi connectivity index (χ2v) is 5.84. The first kappa shape index (κ1) is 13.4. The van der Waals surface area contributed by atoms with Crippen molar-refractivity contribution in [1.82, 2.24) is 0 Å². The van der Waals surface area contributed by atoms with Crippen LogP contribution in [-0.4, -0.2) is 0 Å². The van der Waals surface area contributed by atoms with Crippen LogP contribution in [0, 0.1) is 23.3 Å². The fraction of sp³-hybridized carbons (Fsp3) is 0.0909. The molecule has 0 aliphatic carbocycles. The molecule has 0 spiro atoms. The summed E-state index contributed by atoms with van der Waals surface area (Å²) in [6.07, 6.45) is 0. The normalized spacial score (nSPS) is 10.7. The van der Waals surface area contributed by atoms with Gasteiger partial charge in [-0.2, -0.15) is 8.78 Å². The Bertz CT molecular complexity index is 558. The van der Waals surface area contributed by atoms with E-state index in [1.807, 2.05) is 0 Å². The highest BCUT2D eigenvalue weighted by Gasteiger charge is 2.20. The van der Waals surface area contributed by atoms with E-state index in [0.717, 1.165) is 3.79 Å². The maximum atomic E-state index is 13.2. The van der Waals surface area contributed by atoms with Crippen LogP contribution in [0.5, 0.6) is 5.75 Å². The first-order chi connectivity index (χ1) is 8.49. The van der Waals surface area contributed by atoms with Gasteiger partial charge in [-0.05, 0) is 28.1 Å². The largest absolute Gasteiger partial charge is 0.482 e. The summed E-state index contributed by atoms with van der Waals surface area (Å²) in [6, 6.07) is 3.53. The lowest BCUT2D eigenvalue weighted by atomic mass is 10.3. The SMILES string of the molecule is Fc1cc(F)c(F)c(OCc2ccc(Br)s2)c1F. The van der Waals surface area contributed by atoms with E-state index in [1.165, 1.54) is 11.3 Å². The molecule has 2 aromatic rings. The number of halogens is 5. The van der Waals surface area contributed by atoms with Crippen LogP contribution in [0.2, 0.25) is 0 Å². The Kier molecular flexibility index (Phi) is 3.91. The molecule has 0 N–H and O–H groups in total. The second-order valence-electron chi connectivity index (χ2n) is 3.29. The first-order valence-electron chi connectivity index (χ1n) is 4.69. The molecule has 0 aliphatic heterocycles. The monoisotopic (exact) mass is 340 g/mol. The van der Waals surface area contributed by atoms with Gasteiger partial charge in [-0.15, -0.1) is 11.3 Å². The predicted molar refractivity (Wildman–Crippen MR) is 62.6 cm³/mol. The number of rotatable bonds is 3. The van der Waals surface area contributed by atoms with E-state index in [9.17, 15) is 17.6 Å². The molecule has 1 nitrogen and oxygen atoms in total. The summed E-state index contributed by atoms with van der Waals surface area (Å²) in [5.74, 6) is -7.10. The van der Waals surface area contributed by atoms with Gasteiger partial charge in [0.05, 0.1) is 3.79 Å². The topological polar surface area (TPSA) is 9.23 Å². The molecule has 0 aliphatic rings. The molecule has 0 radical (unpaired) electrons. The van der Waals surface area contributed by atoms with Crippen molar-refractivity contribution < 1.29 is 22.3 Å². The van der Waals surface area contributed by atoms with Crippen LogP contribution in [0.3, 0.4) is 0 Å². The molecule has 7 heteroatoms. The van der Waals surface area contributed by atoms with Crippen LogP contribution < -0.4 is 4.74 Å². The lowest BCUT2D eigenvalue weighted by Gasteiger charge is -2.08. The first-order valence-corrected chi connectivity index (χ1v) is 6.30. The molecule has 18 heavy (non-hydrogen) atoms. The summed E-state index contributed by atoms with van der Waals surface area (Å²) in [7, 11) is 0. The van der Waals surface area contributed by atoms with Crippen molar-refractivity contribution in [3.63, 3.8) is 0 Å². The molecule has 1 aromatic carbocycles. The standard InChI is InChI=1S/C11H5BrF4OS/c12-8-2-1-5(18-8)4-17-11-9(15)6(13)3-7(14)10(11)16/h1-3H,4H2. The van der Waals surface area contributed by atoms with Crippen LogP contribution in [-0.2, 0) is 6.61 Å². The van der Waals surface area contributed by atoms with Gasteiger partial charge < -0.3 is 4.74 Å². The maximum Gasteiger partial charge on any atom is 0.203 e. The Morgan fingerprint density at radius 3 is 2.17 bits per heavy atom. The minimum Gasteiger partial charge on any atom is -0.482 e. The molecule has 0 saturated carbocycles. The van der Waals surface area contributed by atoms with Crippen molar-refractivity contribution in [3.8, 4) is 5.75 Å². The van der Waals surface area contributed by atoms with Crippen LogP contribution >= 0.6 is 27.3 Å². The highest BCUT2D eigenvalue weighted by Crippen LogP contribution is 2.29. The summed E-state index contributed by atoms with van der Waals surface area (Å²) in [6.45, 7) is -0.174. The molecule has 0 saturated heterocycles. The highest BCUT2D eigenvalue weighted by molar-refractivity contribution is 9.11. The minimum absolute atomic E-state index is 0.138. The van der Waals surface area contributed by atoms with E-state index in [-0.39, 0.29) is 12.7 Å². The van der Waals surface area contributed by atoms with Crippen LogP contribution in [0.25, 0.3) is 0 Å². The van der Waals surface area contributed by atoms with Crippen LogP contribution in [0.1, 0.15) is 4.88 Å². The molecule has 1 aromatic heterocycles. The Morgan fingerprint density at radius 2 is 1.67 bits per heavy atom. The van der Waals surface area contributed by atoms with Crippen LogP contribution in [0.15, 0.2) is 22.0 Å². The second kappa shape index (κ2) is 5.27. The zero-order chi connectivity index (χ0) is 13.3. The van der Waals surface area contributed by atoms with Gasteiger partial charge in [-0.25, -0.2) is 8.78 Å². The van der Waals surface area contributed by atoms with Crippen LogP contribution in [0.4, 0.5) is 17.6 Å². The molecule has 2 rings (SSSR count). The number of benzene rings is 1. The van der Waals surface area contributed by atoms with E-state index in [0.29, 0.717) is 4.88 Å². The number of hydrogen-bond acceptors (Lipinski definition) is 2. The zero-order valence-electron chi connectivity index (χ0n) is 8.65. The van der Waals surface area contributed by atoms with E-state index in [4.69, 9.17) is 4.74 Å². The zero-order valence-corrected chi connectivity index (χ0v) is 11.0. The third kappa shape index (κ3) is 2.67. The fourth-order valence-electron chi connectivity index (χ4n) is 1.25. The molecule has 0 bridgehead atoms.